The lowest BCUT2D eigenvalue weighted by molar-refractivity contribution is 1.07. The van der Waals surface area contributed by atoms with Crippen molar-refractivity contribution >= 4 is 0 Å². The highest BCUT2D eigenvalue weighted by molar-refractivity contribution is 5.81. The molecule has 5 aromatic carbocycles. The quantitative estimate of drug-likeness (QED) is 0.178. The van der Waals surface area contributed by atoms with E-state index in [2.05, 4.69) is 113 Å². The molecule has 0 saturated carbocycles. The van der Waals surface area contributed by atoms with Crippen LogP contribution in [0.2, 0.25) is 0 Å². The molecule has 0 atom stereocenters. The fourth-order valence-corrected chi connectivity index (χ4v) is 5.80. The minimum absolute atomic E-state index is 0.600. The molecule has 3 aromatic heterocycles. The Morgan fingerprint density at radius 1 is 0.250 bits per heavy atom. The highest BCUT2D eigenvalue weighted by atomic mass is 15.0. The van der Waals surface area contributed by atoms with Gasteiger partial charge in [-0.2, -0.15) is 0 Å². The van der Waals surface area contributed by atoms with Crippen molar-refractivity contribution in [3.8, 4) is 78.7 Å². The standard InChI is InChI=1S/C43H29N5/c1-3-9-30(10-4-1)31-15-17-33(18-16-31)38-25-39(37-14-8-24-45-29-37)27-40(26-38)43-47-41(34-11-5-2-6-12-34)46-42(48-43)35-21-19-32(20-22-35)36-13-7-23-44-28-36/h1-29H. The fourth-order valence-electron chi connectivity index (χ4n) is 5.80. The first kappa shape index (κ1) is 28.9. The van der Waals surface area contributed by atoms with E-state index in [0.717, 1.165) is 50.1 Å². The van der Waals surface area contributed by atoms with Crippen molar-refractivity contribution in [2.75, 3.05) is 0 Å². The van der Waals surface area contributed by atoms with Crippen LogP contribution in [0.5, 0.6) is 0 Å². The molecule has 0 amide bonds. The van der Waals surface area contributed by atoms with Crippen LogP contribution in [0.25, 0.3) is 78.7 Å². The average molecular weight is 616 g/mol. The summed E-state index contributed by atoms with van der Waals surface area (Å²) in [5.41, 5.74) is 11.4. The summed E-state index contributed by atoms with van der Waals surface area (Å²) in [6.07, 6.45) is 7.33. The molecule has 0 fully saturated rings. The van der Waals surface area contributed by atoms with Crippen LogP contribution in [0.3, 0.4) is 0 Å². The van der Waals surface area contributed by atoms with Crippen LogP contribution in [0.1, 0.15) is 0 Å². The monoisotopic (exact) mass is 615 g/mol. The summed E-state index contributed by atoms with van der Waals surface area (Å²) in [6, 6.07) is 52.0. The van der Waals surface area contributed by atoms with Gasteiger partial charge in [0, 0.05) is 47.0 Å². The van der Waals surface area contributed by atoms with Crippen molar-refractivity contribution < 1.29 is 0 Å². The first-order chi connectivity index (χ1) is 23.8. The number of hydrogen-bond donors (Lipinski definition) is 0. The van der Waals surface area contributed by atoms with E-state index >= 15 is 0 Å². The van der Waals surface area contributed by atoms with Crippen molar-refractivity contribution in [2.24, 2.45) is 0 Å². The second kappa shape index (κ2) is 13.0. The Labute approximate surface area is 279 Å². The normalized spacial score (nSPS) is 10.9. The molecular weight excluding hydrogens is 587 g/mol. The van der Waals surface area contributed by atoms with Crippen LogP contribution in [0.15, 0.2) is 176 Å². The van der Waals surface area contributed by atoms with E-state index < -0.39 is 0 Å². The summed E-state index contributed by atoms with van der Waals surface area (Å²) < 4.78 is 0. The van der Waals surface area contributed by atoms with Gasteiger partial charge in [0.05, 0.1) is 0 Å². The summed E-state index contributed by atoms with van der Waals surface area (Å²) in [6.45, 7) is 0. The molecule has 0 aliphatic carbocycles. The van der Waals surface area contributed by atoms with Crippen molar-refractivity contribution in [3.63, 3.8) is 0 Å². The second-order valence-corrected chi connectivity index (χ2v) is 11.5. The largest absolute Gasteiger partial charge is 0.264 e. The third-order valence-electron chi connectivity index (χ3n) is 8.32. The lowest BCUT2D eigenvalue weighted by atomic mass is 9.95. The van der Waals surface area contributed by atoms with Crippen LogP contribution in [-0.2, 0) is 0 Å². The molecule has 226 valence electrons. The Kier molecular flexibility index (Phi) is 7.83. The maximum atomic E-state index is 5.07. The van der Waals surface area contributed by atoms with Crippen molar-refractivity contribution in [1.82, 2.24) is 24.9 Å². The van der Waals surface area contributed by atoms with Gasteiger partial charge in [0.25, 0.3) is 0 Å². The lowest BCUT2D eigenvalue weighted by Crippen LogP contribution is -2.00. The Bertz CT molecular complexity index is 2120. The molecule has 0 unspecified atom stereocenters. The summed E-state index contributed by atoms with van der Waals surface area (Å²) >= 11 is 0. The zero-order valence-corrected chi connectivity index (χ0v) is 26.0. The lowest BCUT2D eigenvalue weighted by Gasteiger charge is -2.13. The van der Waals surface area contributed by atoms with E-state index in [9.17, 15) is 0 Å². The number of aromatic nitrogens is 5. The molecule has 5 heteroatoms. The van der Waals surface area contributed by atoms with Crippen LogP contribution in [0, 0.1) is 0 Å². The predicted molar refractivity (Wildman–Crippen MR) is 193 cm³/mol. The van der Waals surface area contributed by atoms with Gasteiger partial charge in [0.1, 0.15) is 0 Å². The van der Waals surface area contributed by atoms with E-state index in [4.69, 9.17) is 15.0 Å². The second-order valence-electron chi connectivity index (χ2n) is 11.5. The fraction of sp³-hybridized carbons (Fsp3) is 0. The van der Waals surface area contributed by atoms with Gasteiger partial charge >= 0.3 is 0 Å². The number of rotatable bonds is 7. The van der Waals surface area contributed by atoms with Crippen molar-refractivity contribution in [2.45, 2.75) is 0 Å². The first-order valence-electron chi connectivity index (χ1n) is 15.8. The molecule has 0 spiro atoms. The molecule has 0 N–H and O–H groups in total. The molecule has 0 bridgehead atoms. The van der Waals surface area contributed by atoms with Gasteiger partial charge < -0.3 is 0 Å². The third kappa shape index (κ3) is 6.13. The van der Waals surface area contributed by atoms with Crippen molar-refractivity contribution in [1.29, 1.82) is 0 Å². The van der Waals surface area contributed by atoms with Crippen molar-refractivity contribution in [3.05, 3.63) is 176 Å². The van der Waals surface area contributed by atoms with E-state index in [-0.39, 0.29) is 0 Å². The van der Waals surface area contributed by atoms with Gasteiger partial charge in [-0.3, -0.25) is 9.97 Å². The molecule has 5 nitrogen and oxygen atoms in total. The summed E-state index contributed by atoms with van der Waals surface area (Å²) in [5, 5.41) is 0. The van der Waals surface area contributed by atoms with Crippen LogP contribution in [-0.4, -0.2) is 24.9 Å². The van der Waals surface area contributed by atoms with Gasteiger partial charge in [-0.1, -0.05) is 121 Å². The Morgan fingerprint density at radius 3 is 1.10 bits per heavy atom. The maximum Gasteiger partial charge on any atom is 0.164 e. The molecule has 8 aromatic rings. The third-order valence-corrected chi connectivity index (χ3v) is 8.32. The highest BCUT2D eigenvalue weighted by Gasteiger charge is 2.15. The van der Waals surface area contributed by atoms with Gasteiger partial charge in [-0.05, 0) is 69.3 Å². The van der Waals surface area contributed by atoms with Gasteiger partial charge in [0.2, 0.25) is 0 Å². The molecule has 0 radical (unpaired) electrons. The molecule has 48 heavy (non-hydrogen) atoms. The highest BCUT2D eigenvalue weighted by Crippen LogP contribution is 2.34. The molecule has 0 saturated heterocycles. The predicted octanol–water partition coefficient (Wildman–Crippen LogP) is 10.3. The zero-order valence-electron chi connectivity index (χ0n) is 26.0. The minimum atomic E-state index is 0.600. The number of benzene rings is 5. The zero-order chi connectivity index (χ0) is 32.1. The molecule has 0 aliphatic rings. The SMILES string of the molecule is c1ccc(-c2ccc(-c3cc(-c4cccnc4)cc(-c4nc(-c5ccccc5)nc(-c5ccc(-c6cccnc6)cc5)n4)c3)cc2)cc1. The van der Waals surface area contributed by atoms with Gasteiger partial charge in [-0.25, -0.2) is 15.0 Å². The number of pyridine rings is 2. The molecule has 3 heterocycles. The topological polar surface area (TPSA) is 64.5 Å². The van der Waals surface area contributed by atoms with Gasteiger partial charge in [-0.15, -0.1) is 0 Å². The van der Waals surface area contributed by atoms with E-state index in [1.807, 2.05) is 60.9 Å². The average Bonchev–Trinajstić information content (AvgIpc) is 3.19. The first-order valence-corrected chi connectivity index (χ1v) is 15.8. The molecule has 0 aliphatic heterocycles. The number of hydrogen-bond acceptors (Lipinski definition) is 5. The maximum absolute atomic E-state index is 5.07. The molecular formula is C43H29N5. The van der Waals surface area contributed by atoms with Crippen LogP contribution in [0.4, 0.5) is 0 Å². The summed E-state index contributed by atoms with van der Waals surface area (Å²) in [4.78, 5) is 23.7. The molecule has 8 rings (SSSR count). The van der Waals surface area contributed by atoms with Crippen LogP contribution >= 0.6 is 0 Å². The van der Waals surface area contributed by atoms with E-state index in [1.54, 1.807) is 12.4 Å². The number of nitrogens with zero attached hydrogens (tertiary/aromatic N) is 5. The van der Waals surface area contributed by atoms with Crippen LogP contribution < -0.4 is 0 Å². The van der Waals surface area contributed by atoms with Gasteiger partial charge in [0.15, 0.2) is 17.5 Å². The summed E-state index contributed by atoms with van der Waals surface area (Å²) in [5.74, 6) is 1.83. The summed E-state index contributed by atoms with van der Waals surface area (Å²) in [7, 11) is 0. The van der Waals surface area contributed by atoms with E-state index in [0.29, 0.717) is 17.5 Å². The Morgan fingerprint density at radius 2 is 0.583 bits per heavy atom. The minimum Gasteiger partial charge on any atom is -0.264 e. The smallest absolute Gasteiger partial charge is 0.164 e. The van der Waals surface area contributed by atoms with E-state index in [1.165, 1.54) is 11.1 Å². The Balaban J connectivity index is 1.26. The Hall–Kier alpha value is -6.59.